The van der Waals surface area contributed by atoms with Crippen molar-refractivity contribution in [2.24, 2.45) is 0 Å². The highest BCUT2D eigenvalue weighted by molar-refractivity contribution is 7.14. The highest BCUT2D eigenvalue weighted by Gasteiger charge is 2.17. The zero-order valence-electron chi connectivity index (χ0n) is 71.1. The molecule has 14 heteroatoms. The van der Waals surface area contributed by atoms with Crippen LogP contribution in [0.5, 0.6) is 23.0 Å². The maximum atomic E-state index is 5.97. The molecule has 17 aromatic rings. The topological polar surface area (TPSA) is 134 Å². The molecule has 0 fully saturated rings. The van der Waals surface area contributed by atoms with Crippen molar-refractivity contribution in [3.05, 3.63) is 369 Å². The van der Waals surface area contributed by atoms with Crippen molar-refractivity contribution in [3.8, 4) is 157 Å². The van der Waals surface area contributed by atoms with Gasteiger partial charge in [-0.2, -0.15) is 0 Å². The zero-order chi connectivity index (χ0) is 85.0. The molecule has 12 nitrogen and oxygen atoms in total. The van der Waals surface area contributed by atoms with Gasteiger partial charge < -0.3 is 19.1 Å². The molecule has 124 heavy (non-hydrogen) atoms. The number of anilines is 1. The Balaban J connectivity index is 0.000000135. The maximum absolute atomic E-state index is 5.97. The molecule has 0 saturated heterocycles. The summed E-state index contributed by atoms with van der Waals surface area (Å²) in [6, 6.07) is 113. The first kappa shape index (κ1) is 86.7. The van der Waals surface area contributed by atoms with E-state index >= 15 is 0 Å². The number of ether oxygens (including phenoxy) is 3. The number of rotatable bonds is 33. The number of nitrogens with zero attached hydrogens (tertiary/aromatic N) is 9. The van der Waals surface area contributed by atoms with Crippen LogP contribution >= 0.6 is 22.7 Å². The molecule has 620 valence electrons. The van der Waals surface area contributed by atoms with E-state index < -0.39 is 0 Å². The van der Waals surface area contributed by atoms with Gasteiger partial charge in [0.2, 0.25) is 0 Å². The highest BCUT2D eigenvalue weighted by atomic mass is 32.1. The van der Waals surface area contributed by atoms with Crippen molar-refractivity contribution >= 4 is 28.4 Å². The lowest BCUT2D eigenvalue weighted by molar-refractivity contribution is 0.304. The molecule has 0 radical (unpaired) electrons. The summed E-state index contributed by atoms with van der Waals surface area (Å²) in [5.74, 6) is 3.46. The Morgan fingerprint density at radius 3 is 0.871 bits per heavy atom. The fourth-order valence-corrected chi connectivity index (χ4v) is 15.8. The van der Waals surface area contributed by atoms with Crippen molar-refractivity contribution in [2.75, 3.05) is 31.2 Å². The molecule has 0 saturated carbocycles. The van der Waals surface area contributed by atoms with Crippen LogP contribution in [0.3, 0.4) is 0 Å². The second-order valence-corrected chi connectivity index (χ2v) is 31.9. The first-order valence-electron chi connectivity index (χ1n) is 43.4. The van der Waals surface area contributed by atoms with Crippen LogP contribution in [-0.2, 0) is 0 Å². The average molecular weight is 1670 g/mol. The van der Waals surface area contributed by atoms with E-state index in [0.29, 0.717) is 0 Å². The monoisotopic (exact) mass is 1660 g/mol. The van der Waals surface area contributed by atoms with E-state index in [2.05, 4.69) is 233 Å². The van der Waals surface area contributed by atoms with Gasteiger partial charge in [-0.1, -0.05) is 242 Å². The van der Waals surface area contributed by atoms with Gasteiger partial charge in [-0.15, -0.1) is 22.7 Å². The van der Waals surface area contributed by atoms with Gasteiger partial charge in [-0.3, -0.25) is 19.9 Å². The van der Waals surface area contributed by atoms with E-state index in [1.165, 1.54) is 90.8 Å². The van der Waals surface area contributed by atoms with Gasteiger partial charge in [0.05, 0.1) is 91.3 Å². The number of aromatic nitrogens is 8. The normalized spacial score (nSPS) is 10.8. The molecule has 0 aliphatic rings. The van der Waals surface area contributed by atoms with Crippen LogP contribution in [0.4, 0.5) is 5.69 Å². The summed E-state index contributed by atoms with van der Waals surface area (Å²) >= 11 is 3.46. The van der Waals surface area contributed by atoms with Crippen LogP contribution in [-0.4, -0.2) is 66.2 Å². The third kappa shape index (κ3) is 25.3. The smallest absolute Gasteiger partial charge is 0.127 e. The van der Waals surface area contributed by atoms with Crippen LogP contribution < -0.4 is 19.1 Å². The van der Waals surface area contributed by atoms with Gasteiger partial charge in [0, 0.05) is 54.7 Å². The molecule has 10 aromatic heterocycles. The molecule has 10 heterocycles. The first-order valence-corrected chi connectivity index (χ1v) is 45.1. The molecule has 0 amide bonds. The Morgan fingerprint density at radius 1 is 0.234 bits per heavy atom. The molecule has 7 aromatic carbocycles. The summed E-state index contributed by atoms with van der Waals surface area (Å²) in [7, 11) is 0. The van der Waals surface area contributed by atoms with Crippen molar-refractivity contribution < 1.29 is 14.2 Å². The fourth-order valence-electron chi connectivity index (χ4n) is 14.4. The quantitative estimate of drug-likeness (QED) is 0.0363. The SMILES string of the molecule is CCCCCCCCOc1ccc(-c2cc(-c3ccccc3)nc(-c3ccccn3)c2)cc1.CCCCCCCCOc1ccc(-c2cc(-c3ccccn3)nc(-c3ccccn3)c2)cc1.CCN(CC)c1ccc(-c2cc(-c3cccs3)nc(-c3cccs3)c2)cc1.c1ccc(Oc2ccc(-c3cc(-c4ccccc4)nc(-c4ccccn4)c3)cc2)cc1. The maximum Gasteiger partial charge on any atom is 0.127 e. The Bertz CT molecular complexity index is 5550. The van der Waals surface area contributed by atoms with E-state index in [-0.39, 0.29) is 0 Å². The lowest BCUT2D eigenvalue weighted by Gasteiger charge is -2.21. The molecule has 0 unspecified atom stereocenters. The Morgan fingerprint density at radius 2 is 0.532 bits per heavy atom. The molecule has 0 bridgehead atoms. The first-order chi connectivity index (χ1) is 61.3. The number of hydrogen-bond acceptors (Lipinski definition) is 14. The third-order valence-corrected chi connectivity index (χ3v) is 22.9. The number of pyridine rings is 8. The minimum Gasteiger partial charge on any atom is -0.494 e. The Hall–Kier alpha value is -13.7. The minimum absolute atomic E-state index is 0.772. The largest absolute Gasteiger partial charge is 0.494 e. The Kier molecular flexibility index (Phi) is 32.4. The van der Waals surface area contributed by atoms with E-state index in [4.69, 9.17) is 34.1 Å². The summed E-state index contributed by atoms with van der Waals surface area (Å²) in [5, 5.41) is 4.21. The number of para-hydroxylation sites is 1. The summed E-state index contributed by atoms with van der Waals surface area (Å²) < 4.78 is 17.9. The fraction of sp³-hybridized carbons (Fsp3) is 0.182. The van der Waals surface area contributed by atoms with E-state index in [1.807, 2.05) is 170 Å². The molecule has 0 N–H and O–H groups in total. The molecule has 0 atom stereocenters. The predicted octanol–water partition coefficient (Wildman–Crippen LogP) is 30.2. The van der Waals surface area contributed by atoms with Crippen LogP contribution in [0, 0.1) is 0 Å². The van der Waals surface area contributed by atoms with Crippen LogP contribution in [0.15, 0.2) is 369 Å². The van der Waals surface area contributed by atoms with E-state index in [0.717, 1.165) is 175 Å². The molecule has 0 aliphatic heterocycles. The second kappa shape index (κ2) is 46.4. The van der Waals surface area contributed by atoms with Crippen molar-refractivity contribution in [3.63, 3.8) is 0 Å². The summed E-state index contributed by atoms with van der Waals surface area (Å²) in [6.45, 7) is 12.5. The van der Waals surface area contributed by atoms with Gasteiger partial charge in [-0.05, 0) is 252 Å². The summed E-state index contributed by atoms with van der Waals surface area (Å²) in [5.41, 5.74) is 23.2. The number of hydrogen-bond donors (Lipinski definition) is 0. The van der Waals surface area contributed by atoms with Crippen molar-refractivity contribution in [1.29, 1.82) is 0 Å². The lowest BCUT2D eigenvalue weighted by atomic mass is 10.0. The second-order valence-electron chi connectivity index (χ2n) is 30.0. The minimum atomic E-state index is 0.772. The molecule has 0 spiro atoms. The highest BCUT2D eigenvalue weighted by Crippen LogP contribution is 2.38. The molecular weight excluding hydrogens is 1560 g/mol. The number of unbranched alkanes of at least 4 members (excludes halogenated alkanes) is 10. The zero-order valence-corrected chi connectivity index (χ0v) is 72.7. The third-order valence-electron chi connectivity index (χ3n) is 21.1. The van der Waals surface area contributed by atoms with Gasteiger partial charge in [0.1, 0.15) is 23.0 Å². The molecule has 0 aliphatic carbocycles. The van der Waals surface area contributed by atoms with Gasteiger partial charge in [-0.25, -0.2) is 19.9 Å². The standard InChI is InChI=1S/C30H32N2O.C29H31N3O.C28H20N2O.C23H22N2S2/c1-2-3-4-5-6-12-21-33-27-18-16-24(17-19-27)26-22-29(25-13-8-7-9-14-25)32-30(23-26)28-15-10-11-20-31-28;1-2-3-4-5-6-11-20-33-25-16-14-23(15-17-25)24-21-28(26-12-7-9-18-30-26)32-29(22-24)27-13-8-10-19-31-27;1-3-9-22(10-4-1)27-19-23(20-28(30-27)26-13-7-8-18-29-26)21-14-16-25(17-15-21)31-24-11-5-2-6-12-24;1-3-25(4-2)19-11-9-17(10-12-19)18-15-20(22-7-5-13-26-22)24-21(16-18)23-8-6-14-27-23/h7-11,13-20,22-23H,2-6,12,21H2,1H3;7-10,12-19,21-22H,2-6,11,20H2,1H3;1-20H;5-16H,3-4H2,1-2H3. The van der Waals surface area contributed by atoms with Crippen molar-refractivity contribution in [2.45, 2.75) is 105 Å². The van der Waals surface area contributed by atoms with Crippen LogP contribution in [0.1, 0.15) is 105 Å². The number of thiophene rings is 2. The van der Waals surface area contributed by atoms with E-state index in [9.17, 15) is 0 Å². The summed E-state index contributed by atoms with van der Waals surface area (Å²) in [6.07, 6.45) is 22.4. The Labute approximate surface area is 739 Å². The van der Waals surface area contributed by atoms with Gasteiger partial charge in [0.15, 0.2) is 0 Å². The number of benzene rings is 7. The summed E-state index contributed by atoms with van der Waals surface area (Å²) in [4.78, 5) is 42.3. The molecular formula is C110H105N9O3S2. The van der Waals surface area contributed by atoms with Crippen molar-refractivity contribution in [1.82, 2.24) is 39.9 Å². The predicted molar refractivity (Wildman–Crippen MR) is 517 cm³/mol. The van der Waals surface area contributed by atoms with Gasteiger partial charge >= 0.3 is 0 Å². The lowest BCUT2D eigenvalue weighted by Crippen LogP contribution is -2.21. The average Bonchev–Trinajstić information content (AvgIpc) is 1.10. The van der Waals surface area contributed by atoms with Crippen LogP contribution in [0.25, 0.3) is 134 Å². The van der Waals surface area contributed by atoms with Crippen LogP contribution in [0.2, 0.25) is 0 Å². The van der Waals surface area contributed by atoms with Gasteiger partial charge in [0.25, 0.3) is 0 Å². The molecule has 17 rings (SSSR count). The van der Waals surface area contributed by atoms with E-state index in [1.54, 1.807) is 41.3 Å².